The minimum Gasteiger partial charge on any atom is -0.474 e. The molecule has 0 fully saturated rings. The molecule has 1 aliphatic heterocycles. The Morgan fingerprint density at radius 1 is 1.38 bits per heavy atom. The Morgan fingerprint density at radius 2 is 2.08 bits per heavy atom. The Balaban J connectivity index is 2.36. The van der Waals surface area contributed by atoms with Crippen molar-refractivity contribution in [3.8, 4) is 5.75 Å². The molecular formula is C12H7Cl2F3N2O5. The molecule has 1 aromatic carbocycles. The molecule has 0 amide bonds. The summed E-state index contributed by atoms with van der Waals surface area (Å²) in [6.45, 7) is -0.867. The summed E-state index contributed by atoms with van der Waals surface area (Å²) in [5, 5.41) is 12.8. The van der Waals surface area contributed by atoms with E-state index in [0.717, 1.165) is 6.08 Å². The normalized spacial score (nSPS) is 17.0. The molecule has 2 rings (SSSR count). The van der Waals surface area contributed by atoms with E-state index in [0.29, 0.717) is 0 Å². The molecule has 0 radical (unpaired) electrons. The fourth-order valence-corrected chi connectivity index (χ4v) is 2.41. The van der Waals surface area contributed by atoms with Crippen molar-refractivity contribution in [1.82, 2.24) is 0 Å². The van der Waals surface area contributed by atoms with Gasteiger partial charge in [-0.25, -0.2) is 4.79 Å². The largest absolute Gasteiger partial charge is 0.474 e. The van der Waals surface area contributed by atoms with Gasteiger partial charge in [0.15, 0.2) is 0 Å². The van der Waals surface area contributed by atoms with E-state index in [1.165, 1.54) is 12.1 Å². The molecule has 1 unspecified atom stereocenters. The van der Waals surface area contributed by atoms with Gasteiger partial charge in [0.2, 0.25) is 6.10 Å². The van der Waals surface area contributed by atoms with Crippen LogP contribution in [-0.2, 0) is 14.4 Å². The van der Waals surface area contributed by atoms with Gasteiger partial charge < -0.3 is 19.5 Å². The van der Waals surface area contributed by atoms with Crippen LogP contribution in [-0.4, -0.2) is 30.2 Å². The monoisotopic (exact) mass is 386 g/mol. The van der Waals surface area contributed by atoms with Crippen LogP contribution in [0.15, 0.2) is 28.3 Å². The molecular weight excluding hydrogens is 380 g/mol. The van der Waals surface area contributed by atoms with Crippen LogP contribution in [0.4, 0.5) is 13.2 Å². The van der Waals surface area contributed by atoms with Crippen LogP contribution in [0.3, 0.4) is 0 Å². The molecule has 1 aliphatic rings. The van der Waals surface area contributed by atoms with Crippen molar-refractivity contribution in [3.63, 3.8) is 0 Å². The lowest BCUT2D eigenvalue weighted by atomic mass is 10.0. The van der Waals surface area contributed by atoms with Crippen LogP contribution < -0.4 is 4.74 Å². The molecule has 7 nitrogen and oxygen atoms in total. The van der Waals surface area contributed by atoms with Gasteiger partial charge in [0.25, 0.3) is 6.79 Å². The topological polar surface area (TPSA) is 89.7 Å². The van der Waals surface area contributed by atoms with E-state index in [9.17, 15) is 18.0 Å². The molecule has 0 saturated heterocycles. The molecule has 1 N–H and O–H groups in total. The molecule has 24 heavy (non-hydrogen) atoms. The second-order valence-electron chi connectivity index (χ2n) is 4.29. The van der Waals surface area contributed by atoms with Crippen molar-refractivity contribution < 1.29 is 37.5 Å². The summed E-state index contributed by atoms with van der Waals surface area (Å²) in [6, 6.07) is 2.49. The van der Waals surface area contributed by atoms with Gasteiger partial charge in [0.05, 0.1) is 21.2 Å². The Hall–Kier alpha value is -2.20. The lowest BCUT2D eigenvalue weighted by Gasteiger charge is -2.28. The zero-order chi connectivity index (χ0) is 17.9. The molecule has 130 valence electrons. The van der Waals surface area contributed by atoms with Crippen LogP contribution in [0.5, 0.6) is 5.75 Å². The first-order valence-corrected chi connectivity index (χ1v) is 6.77. The highest BCUT2D eigenvalue weighted by Gasteiger charge is 2.49. The van der Waals surface area contributed by atoms with Gasteiger partial charge >= 0.3 is 12.1 Å². The molecule has 0 spiro atoms. The van der Waals surface area contributed by atoms with Gasteiger partial charge in [-0.15, -0.1) is 0 Å². The predicted octanol–water partition coefficient (Wildman–Crippen LogP) is 3.97. The number of halogens is 5. The van der Waals surface area contributed by atoms with Crippen molar-refractivity contribution in [3.05, 3.63) is 33.3 Å². The van der Waals surface area contributed by atoms with Gasteiger partial charge in [0, 0.05) is 10.6 Å². The number of nitrogens with zero attached hydrogens (tertiary/aromatic N) is 2. The minimum absolute atomic E-state index is 0.0796. The van der Waals surface area contributed by atoms with E-state index < -0.39 is 30.6 Å². The number of hydrogen-bond donors (Lipinski definition) is 1. The molecule has 0 saturated carbocycles. The van der Waals surface area contributed by atoms with E-state index in [-0.39, 0.29) is 21.4 Å². The van der Waals surface area contributed by atoms with Crippen LogP contribution in [0, 0.1) is 0 Å². The lowest BCUT2D eigenvalue weighted by molar-refractivity contribution is -0.190. The van der Waals surface area contributed by atoms with Crippen molar-refractivity contribution in [2.75, 3.05) is 6.79 Å². The average Bonchev–Trinajstić information content (AvgIpc) is 2.49. The van der Waals surface area contributed by atoms with Gasteiger partial charge in [-0.3, -0.25) is 0 Å². The zero-order valence-corrected chi connectivity index (χ0v) is 12.9. The highest BCUT2D eigenvalue weighted by Crippen LogP contribution is 2.42. The first kappa shape index (κ1) is 18.1. The number of fused-ring (bicyclic) bond motifs is 1. The fraction of sp³-hybridized carbons (Fsp3) is 0.250. The number of alkyl halides is 3. The Morgan fingerprint density at radius 3 is 2.71 bits per heavy atom. The van der Waals surface area contributed by atoms with E-state index >= 15 is 0 Å². The molecule has 1 aromatic rings. The number of esters is 1. The van der Waals surface area contributed by atoms with Crippen molar-refractivity contribution in [2.24, 2.45) is 10.6 Å². The van der Waals surface area contributed by atoms with E-state index in [1.807, 2.05) is 0 Å². The first-order valence-electron chi connectivity index (χ1n) is 6.01. The number of carbonyl (C=O) groups excluding carboxylic acids is 1. The second-order valence-corrected chi connectivity index (χ2v) is 5.14. The number of rotatable bonds is 4. The predicted molar refractivity (Wildman–Crippen MR) is 73.6 cm³/mol. The summed E-state index contributed by atoms with van der Waals surface area (Å²) < 4.78 is 48.8. The highest BCUT2D eigenvalue weighted by atomic mass is 35.5. The molecule has 12 heteroatoms. The fourth-order valence-electron chi connectivity index (χ4n) is 1.86. The number of ether oxygens (including phenoxy) is 2. The smallest absolute Gasteiger partial charge is 0.430 e. The molecule has 0 bridgehead atoms. The Bertz CT molecular complexity index is 709. The minimum atomic E-state index is -4.91. The van der Waals surface area contributed by atoms with Crippen molar-refractivity contribution >= 4 is 35.2 Å². The van der Waals surface area contributed by atoms with Crippen molar-refractivity contribution in [1.29, 1.82) is 0 Å². The SMILES string of the molecule is O=C(OCO/N=N\O)C1=Cc2cc(Cl)cc(Cl)c2OC1C(F)(F)F. The summed E-state index contributed by atoms with van der Waals surface area (Å²) in [5.74, 6) is -1.63. The summed E-state index contributed by atoms with van der Waals surface area (Å²) in [4.78, 5) is 16.0. The van der Waals surface area contributed by atoms with Gasteiger partial charge in [-0.1, -0.05) is 23.2 Å². The highest BCUT2D eigenvalue weighted by molar-refractivity contribution is 6.36. The maximum atomic E-state index is 13.2. The average molecular weight is 387 g/mol. The quantitative estimate of drug-likeness (QED) is 0.278. The van der Waals surface area contributed by atoms with Crippen LogP contribution in [0.1, 0.15) is 5.56 Å². The third-order valence-corrected chi connectivity index (χ3v) is 3.24. The van der Waals surface area contributed by atoms with Crippen LogP contribution >= 0.6 is 23.2 Å². The summed E-state index contributed by atoms with van der Waals surface area (Å²) in [6.07, 6.45) is -6.59. The first-order chi connectivity index (χ1) is 11.2. The second kappa shape index (κ2) is 7.14. The van der Waals surface area contributed by atoms with Crippen LogP contribution in [0.25, 0.3) is 6.08 Å². The third kappa shape index (κ3) is 4.01. The maximum absolute atomic E-state index is 13.2. The third-order valence-electron chi connectivity index (χ3n) is 2.74. The van der Waals surface area contributed by atoms with E-state index in [1.54, 1.807) is 0 Å². The Labute approximate surface area is 142 Å². The molecule has 0 aromatic heterocycles. The molecule has 0 aliphatic carbocycles. The van der Waals surface area contributed by atoms with E-state index in [2.05, 4.69) is 20.1 Å². The number of hydrogen-bond acceptors (Lipinski definition) is 6. The van der Waals surface area contributed by atoms with Gasteiger partial charge in [-0.05, 0) is 18.2 Å². The number of carbonyl (C=O) groups is 1. The van der Waals surface area contributed by atoms with Gasteiger partial charge in [-0.2, -0.15) is 13.2 Å². The standard InChI is InChI=1S/C12H7Cl2F3N2O5/c13-6-1-5-2-7(11(20)22-4-23-19-18-21)10(12(15,16)17)24-9(5)8(14)3-6/h1-3,10H,4H2,(H,19,21). The summed E-state index contributed by atoms with van der Waals surface area (Å²) >= 11 is 11.6. The molecule has 1 heterocycles. The summed E-state index contributed by atoms with van der Waals surface area (Å²) in [5.41, 5.74) is -0.756. The van der Waals surface area contributed by atoms with E-state index in [4.69, 9.17) is 33.1 Å². The molecule has 1 atom stereocenters. The number of benzene rings is 1. The maximum Gasteiger partial charge on any atom is 0.430 e. The van der Waals surface area contributed by atoms with Crippen molar-refractivity contribution in [2.45, 2.75) is 12.3 Å². The summed E-state index contributed by atoms with van der Waals surface area (Å²) in [7, 11) is 0. The zero-order valence-electron chi connectivity index (χ0n) is 11.4. The Kier molecular flexibility index (Phi) is 5.40. The van der Waals surface area contributed by atoms with Gasteiger partial charge in [0.1, 0.15) is 5.75 Å². The van der Waals surface area contributed by atoms with Crippen LogP contribution in [0.2, 0.25) is 10.0 Å². The lowest BCUT2D eigenvalue weighted by Crippen LogP contribution is -2.41.